The normalized spacial score (nSPS) is 13.0. The molecule has 1 atom stereocenters. The van der Waals surface area contributed by atoms with Crippen molar-refractivity contribution >= 4 is 10.0 Å². The third kappa shape index (κ3) is 5.40. The van der Waals surface area contributed by atoms with Crippen LogP contribution in [-0.2, 0) is 29.7 Å². The van der Waals surface area contributed by atoms with E-state index in [0.717, 1.165) is 28.8 Å². The lowest BCUT2D eigenvalue weighted by Gasteiger charge is -2.23. The summed E-state index contributed by atoms with van der Waals surface area (Å²) in [5.74, 6) is 0.0217. The Balaban J connectivity index is 1.96. The fraction of sp³-hybridized carbons (Fsp3) is 0.375. The molecule has 3 aromatic rings. The lowest BCUT2D eigenvalue weighted by Crippen LogP contribution is -2.30. The molecule has 0 N–H and O–H groups in total. The third-order valence-corrected chi connectivity index (χ3v) is 7.50. The number of hydrogen-bond acceptors (Lipinski definition) is 3. The van der Waals surface area contributed by atoms with Gasteiger partial charge in [-0.1, -0.05) is 38.1 Å². The Hall–Kier alpha value is -2.51. The highest BCUT2D eigenvalue weighted by Crippen LogP contribution is 2.25. The largest absolute Gasteiger partial charge is 0.272 e. The Kier molecular flexibility index (Phi) is 7.28. The van der Waals surface area contributed by atoms with Crippen molar-refractivity contribution in [3.63, 3.8) is 0 Å². The Morgan fingerprint density at radius 1 is 1.03 bits per heavy atom. The molecular weight excluding hydrogens is 413 g/mol. The van der Waals surface area contributed by atoms with Crippen LogP contribution in [0.15, 0.2) is 59.6 Å². The van der Waals surface area contributed by atoms with Gasteiger partial charge in [-0.2, -0.15) is 9.40 Å². The van der Waals surface area contributed by atoms with Crippen LogP contribution in [0.2, 0.25) is 0 Å². The maximum Gasteiger partial charge on any atom is 0.243 e. The van der Waals surface area contributed by atoms with Crippen molar-refractivity contribution in [3.8, 4) is 0 Å². The Bertz CT molecular complexity index is 1110. The quantitative estimate of drug-likeness (QED) is 0.454. The lowest BCUT2D eigenvalue weighted by molar-refractivity contribution is 0.400. The van der Waals surface area contributed by atoms with E-state index in [9.17, 15) is 12.8 Å². The highest BCUT2D eigenvalue weighted by atomic mass is 32.2. The van der Waals surface area contributed by atoms with Gasteiger partial charge in [-0.05, 0) is 61.6 Å². The van der Waals surface area contributed by atoms with Gasteiger partial charge < -0.3 is 0 Å². The van der Waals surface area contributed by atoms with Crippen LogP contribution < -0.4 is 0 Å². The zero-order chi connectivity index (χ0) is 22.6. The minimum atomic E-state index is -3.77. The molecule has 0 radical (unpaired) electrons. The van der Waals surface area contributed by atoms with Crippen molar-refractivity contribution in [2.24, 2.45) is 0 Å². The number of aryl methyl sites for hydroxylation is 2. The lowest BCUT2D eigenvalue weighted by atomic mass is 9.99. The summed E-state index contributed by atoms with van der Waals surface area (Å²) in [5.41, 5.74) is 3.49. The SMILES string of the molecule is CC[C@@H](C)c1ccc(S(=O)(=O)N(Cc2ccc(F)cc2)Cc2cn(CC)nc2C)cc1. The van der Waals surface area contributed by atoms with Crippen LogP contribution in [0.1, 0.15) is 55.5 Å². The van der Waals surface area contributed by atoms with Gasteiger partial charge in [0, 0.05) is 31.4 Å². The number of halogens is 1. The molecule has 3 rings (SSSR count). The van der Waals surface area contributed by atoms with E-state index >= 15 is 0 Å². The van der Waals surface area contributed by atoms with Crippen molar-refractivity contribution in [3.05, 3.63) is 82.9 Å². The fourth-order valence-electron chi connectivity index (χ4n) is 3.44. The van der Waals surface area contributed by atoms with Gasteiger partial charge in [0.25, 0.3) is 0 Å². The molecule has 166 valence electrons. The number of sulfonamides is 1. The number of rotatable bonds is 9. The molecule has 1 aromatic heterocycles. The molecule has 0 fully saturated rings. The molecule has 0 amide bonds. The summed E-state index contributed by atoms with van der Waals surface area (Å²) in [6, 6.07) is 13.1. The summed E-state index contributed by atoms with van der Waals surface area (Å²) in [4.78, 5) is 0.252. The average molecular weight is 444 g/mol. The monoisotopic (exact) mass is 443 g/mol. The predicted octanol–water partition coefficient (Wildman–Crippen LogP) is 5.26. The molecule has 0 bridgehead atoms. The second kappa shape index (κ2) is 9.75. The molecular formula is C24H30FN3O2S. The van der Waals surface area contributed by atoms with Crippen LogP contribution in [0.25, 0.3) is 0 Å². The minimum Gasteiger partial charge on any atom is -0.272 e. The molecule has 0 aliphatic rings. The first-order valence-corrected chi connectivity index (χ1v) is 12.1. The van der Waals surface area contributed by atoms with Gasteiger partial charge in [-0.15, -0.1) is 0 Å². The summed E-state index contributed by atoms with van der Waals surface area (Å²) in [7, 11) is -3.77. The highest BCUT2D eigenvalue weighted by Gasteiger charge is 2.26. The molecule has 2 aromatic carbocycles. The first kappa shape index (κ1) is 23.2. The smallest absolute Gasteiger partial charge is 0.243 e. The predicted molar refractivity (Wildman–Crippen MR) is 121 cm³/mol. The molecule has 0 unspecified atom stereocenters. The van der Waals surface area contributed by atoms with Crippen molar-refractivity contribution in [2.45, 2.75) is 64.6 Å². The topological polar surface area (TPSA) is 55.2 Å². The van der Waals surface area contributed by atoms with Crippen molar-refractivity contribution in [2.75, 3.05) is 0 Å². The molecule has 5 nitrogen and oxygen atoms in total. The Morgan fingerprint density at radius 2 is 1.68 bits per heavy atom. The highest BCUT2D eigenvalue weighted by molar-refractivity contribution is 7.89. The van der Waals surface area contributed by atoms with Crippen LogP contribution in [0.4, 0.5) is 4.39 Å². The first-order valence-electron chi connectivity index (χ1n) is 10.6. The number of aromatic nitrogens is 2. The van der Waals surface area contributed by atoms with Gasteiger partial charge >= 0.3 is 0 Å². The van der Waals surface area contributed by atoms with E-state index < -0.39 is 10.0 Å². The zero-order valence-corrected chi connectivity index (χ0v) is 19.4. The van der Waals surface area contributed by atoms with E-state index in [-0.39, 0.29) is 23.8 Å². The molecule has 7 heteroatoms. The van der Waals surface area contributed by atoms with E-state index in [1.165, 1.54) is 16.4 Å². The Morgan fingerprint density at radius 3 is 2.23 bits per heavy atom. The maximum atomic E-state index is 13.6. The summed E-state index contributed by atoms with van der Waals surface area (Å²) in [5, 5.41) is 4.44. The van der Waals surface area contributed by atoms with Crippen LogP contribution in [0.3, 0.4) is 0 Å². The molecule has 0 spiro atoms. The maximum absolute atomic E-state index is 13.6. The molecule has 0 aliphatic carbocycles. The van der Waals surface area contributed by atoms with Crippen LogP contribution in [-0.4, -0.2) is 22.5 Å². The minimum absolute atomic E-state index is 0.145. The molecule has 0 saturated carbocycles. The fourth-order valence-corrected chi connectivity index (χ4v) is 4.84. The van der Waals surface area contributed by atoms with Crippen molar-refractivity contribution < 1.29 is 12.8 Å². The number of hydrogen-bond donors (Lipinski definition) is 0. The second-order valence-corrected chi connectivity index (χ2v) is 9.81. The van der Waals surface area contributed by atoms with E-state index in [4.69, 9.17) is 0 Å². The van der Waals surface area contributed by atoms with Crippen LogP contribution >= 0.6 is 0 Å². The van der Waals surface area contributed by atoms with Crippen molar-refractivity contribution in [1.82, 2.24) is 14.1 Å². The first-order chi connectivity index (χ1) is 14.7. The van der Waals surface area contributed by atoms with E-state index in [1.807, 2.05) is 32.2 Å². The van der Waals surface area contributed by atoms with Crippen LogP contribution in [0.5, 0.6) is 0 Å². The van der Waals surface area contributed by atoms with Crippen molar-refractivity contribution in [1.29, 1.82) is 0 Å². The molecule has 31 heavy (non-hydrogen) atoms. The second-order valence-electron chi connectivity index (χ2n) is 7.87. The molecule has 0 saturated heterocycles. The summed E-state index contributed by atoms with van der Waals surface area (Å²) in [6.45, 7) is 9.15. The summed E-state index contributed by atoms with van der Waals surface area (Å²) < 4.78 is 43.7. The number of nitrogens with zero attached hydrogens (tertiary/aromatic N) is 3. The van der Waals surface area contributed by atoms with E-state index in [1.54, 1.807) is 28.9 Å². The third-order valence-electron chi connectivity index (χ3n) is 5.69. The van der Waals surface area contributed by atoms with Gasteiger partial charge in [0.2, 0.25) is 10.0 Å². The zero-order valence-electron chi connectivity index (χ0n) is 18.5. The average Bonchev–Trinajstić information content (AvgIpc) is 3.13. The van der Waals surface area contributed by atoms with Gasteiger partial charge in [-0.25, -0.2) is 12.8 Å². The van der Waals surface area contributed by atoms with Gasteiger partial charge in [0.15, 0.2) is 0 Å². The molecule has 1 heterocycles. The summed E-state index contributed by atoms with van der Waals surface area (Å²) >= 11 is 0. The van der Waals surface area contributed by atoms with Crippen LogP contribution in [0, 0.1) is 12.7 Å². The standard InChI is InChI=1S/C24H30FN3O2S/c1-5-18(3)21-9-13-24(14-10-21)31(29,30)28(15-20-7-11-23(25)12-8-20)17-22-16-27(6-2)26-19(22)4/h7-14,16,18H,5-6,15,17H2,1-4H3/t18-/m1/s1. The number of benzene rings is 2. The van der Waals surface area contributed by atoms with Gasteiger partial charge in [0.1, 0.15) is 5.82 Å². The van der Waals surface area contributed by atoms with E-state index in [2.05, 4.69) is 18.9 Å². The summed E-state index contributed by atoms with van der Waals surface area (Å²) in [6.07, 6.45) is 2.87. The van der Waals surface area contributed by atoms with E-state index in [0.29, 0.717) is 12.5 Å². The van der Waals surface area contributed by atoms with Gasteiger partial charge in [-0.3, -0.25) is 4.68 Å². The molecule has 0 aliphatic heterocycles. The Labute approximate surface area is 184 Å². The van der Waals surface area contributed by atoms with Gasteiger partial charge in [0.05, 0.1) is 10.6 Å².